The Labute approximate surface area is 118 Å². The highest BCUT2D eigenvalue weighted by Crippen LogP contribution is 2.34. The predicted octanol–water partition coefficient (Wildman–Crippen LogP) is 2.81. The Bertz CT molecular complexity index is 782. The normalized spacial score (nSPS) is 12.3. The number of carbonyl (C=O) groups excluding carboxylic acids is 1. The summed E-state index contributed by atoms with van der Waals surface area (Å²) in [7, 11) is -5.80. The number of aldehydes is 1. The summed E-state index contributed by atoms with van der Waals surface area (Å²) in [6, 6.07) is 9.11. The molecule has 0 heterocycles. The first kappa shape index (κ1) is 15.3. The van der Waals surface area contributed by atoms with Crippen molar-refractivity contribution in [2.75, 3.05) is 0 Å². The molecule has 0 unspecified atom stereocenters. The maximum atomic E-state index is 12.5. The van der Waals surface area contributed by atoms with E-state index in [1.807, 2.05) is 0 Å². The molecule has 0 atom stereocenters. The molecule has 0 saturated heterocycles. The standard InChI is InChI=1S/C13H9F3O4S/c14-13(15,16)21(18,19)20-12-10(7-8-17)6-5-9-3-1-2-4-11(9)12/h1-6,8H,7H2. The molecule has 0 spiro atoms. The molecule has 0 aliphatic heterocycles. The summed E-state index contributed by atoms with van der Waals surface area (Å²) < 4.78 is 64.0. The van der Waals surface area contributed by atoms with Gasteiger partial charge in [0.1, 0.15) is 6.29 Å². The van der Waals surface area contributed by atoms with Crippen molar-refractivity contribution in [1.82, 2.24) is 0 Å². The zero-order valence-corrected chi connectivity index (χ0v) is 11.2. The van der Waals surface area contributed by atoms with Gasteiger partial charge in [-0.1, -0.05) is 36.4 Å². The Hall–Kier alpha value is -2.09. The number of hydrogen-bond donors (Lipinski definition) is 0. The maximum absolute atomic E-state index is 12.5. The van der Waals surface area contributed by atoms with E-state index >= 15 is 0 Å². The molecule has 21 heavy (non-hydrogen) atoms. The Kier molecular flexibility index (Phi) is 3.91. The molecular formula is C13H9F3O4S. The van der Waals surface area contributed by atoms with Gasteiger partial charge in [-0.2, -0.15) is 21.6 Å². The lowest BCUT2D eigenvalue weighted by molar-refractivity contribution is -0.107. The number of halogens is 3. The van der Waals surface area contributed by atoms with Gasteiger partial charge in [0.2, 0.25) is 0 Å². The number of hydrogen-bond acceptors (Lipinski definition) is 4. The minimum atomic E-state index is -5.80. The van der Waals surface area contributed by atoms with Crippen LogP contribution in [0.3, 0.4) is 0 Å². The smallest absolute Gasteiger partial charge is 0.375 e. The molecule has 4 nitrogen and oxygen atoms in total. The summed E-state index contributed by atoms with van der Waals surface area (Å²) in [5, 5.41) is 0.684. The van der Waals surface area contributed by atoms with E-state index in [4.69, 9.17) is 0 Å². The molecule has 0 aliphatic carbocycles. The highest BCUT2D eigenvalue weighted by molar-refractivity contribution is 7.88. The van der Waals surface area contributed by atoms with Crippen LogP contribution >= 0.6 is 0 Å². The fraction of sp³-hybridized carbons (Fsp3) is 0.154. The fourth-order valence-corrected chi connectivity index (χ4v) is 2.30. The lowest BCUT2D eigenvalue weighted by Gasteiger charge is -2.14. The molecule has 0 saturated carbocycles. The van der Waals surface area contributed by atoms with Crippen LogP contribution in [0.15, 0.2) is 36.4 Å². The van der Waals surface area contributed by atoms with Gasteiger partial charge in [0, 0.05) is 17.4 Å². The number of alkyl halides is 3. The lowest BCUT2D eigenvalue weighted by atomic mass is 10.0. The largest absolute Gasteiger partial charge is 0.534 e. The van der Waals surface area contributed by atoms with E-state index in [-0.39, 0.29) is 17.4 Å². The van der Waals surface area contributed by atoms with Gasteiger partial charge < -0.3 is 8.98 Å². The van der Waals surface area contributed by atoms with Crippen molar-refractivity contribution >= 4 is 27.2 Å². The van der Waals surface area contributed by atoms with E-state index in [2.05, 4.69) is 4.18 Å². The first-order valence-electron chi connectivity index (χ1n) is 5.71. The zero-order valence-electron chi connectivity index (χ0n) is 10.4. The van der Waals surface area contributed by atoms with Crippen molar-refractivity contribution in [3.63, 3.8) is 0 Å². The second kappa shape index (κ2) is 5.36. The summed E-state index contributed by atoms with van der Waals surface area (Å²) in [5.41, 5.74) is -5.47. The van der Waals surface area contributed by atoms with Crippen molar-refractivity contribution in [2.45, 2.75) is 11.9 Å². The van der Waals surface area contributed by atoms with Crippen LogP contribution in [-0.2, 0) is 21.3 Å². The van der Waals surface area contributed by atoms with Crippen LogP contribution < -0.4 is 4.18 Å². The molecule has 2 aromatic rings. The lowest BCUT2D eigenvalue weighted by Crippen LogP contribution is -2.28. The average molecular weight is 318 g/mol. The van der Waals surface area contributed by atoms with Gasteiger partial charge >= 0.3 is 15.6 Å². The van der Waals surface area contributed by atoms with Crippen molar-refractivity contribution in [1.29, 1.82) is 0 Å². The third kappa shape index (κ3) is 2.99. The van der Waals surface area contributed by atoms with E-state index in [1.54, 1.807) is 18.2 Å². The molecule has 0 amide bonds. The van der Waals surface area contributed by atoms with Gasteiger partial charge in [-0.25, -0.2) is 0 Å². The van der Waals surface area contributed by atoms with Gasteiger partial charge in [0.05, 0.1) is 0 Å². The molecule has 112 valence electrons. The van der Waals surface area contributed by atoms with Gasteiger partial charge in [0.15, 0.2) is 5.75 Å². The van der Waals surface area contributed by atoms with Crippen LogP contribution in [-0.4, -0.2) is 20.2 Å². The number of rotatable bonds is 4. The highest BCUT2D eigenvalue weighted by atomic mass is 32.2. The topological polar surface area (TPSA) is 60.4 Å². The predicted molar refractivity (Wildman–Crippen MR) is 69.3 cm³/mol. The van der Waals surface area contributed by atoms with E-state index in [0.29, 0.717) is 11.7 Å². The molecule has 0 N–H and O–H groups in total. The summed E-state index contributed by atoms with van der Waals surface area (Å²) in [6.07, 6.45) is 0.199. The quantitative estimate of drug-likeness (QED) is 0.494. The second-order valence-corrected chi connectivity index (χ2v) is 5.67. The molecule has 0 radical (unpaired) electrons. The molecule has 0 fully saturated rings. The number of fused-ring (bicyclic) bond motifs is 1. The van der Waals surface area contributed by atoms with Crippen LogP contribution in [0.2, 0.25) is 0 Å². The van der Waals surface area contributed by atoms with Gasteiger partial charge in [-0.3, -0.25) is 0 Å². The number of benzene rings is 2. The molecule has 0 aliphatic rings. The minimum Gasteiger partial charge on any atom is -0.375 e. The number of carbonyl (C=O) groups is 1. The Balaban J connectivity index is 2.65. The molecule has 8 heteroatoms. The van der Waals surface area contributed by atoms with E-state index in [9.17, 15) is 26.4 Å². The third-order valence-corrected chi connectivity index (χ3v) is 3.69. The molecule has 0 aromatic heterocycles. The minimum absolute atomic E-state index is 0.0662. The average Bonchev–Trinajstić information content (AvgIpc) is 2.40. The summed E-state index contributed by atoms with van der Waals surface area (Å²) in [6.45, 7) is 0. The fourth-order valence-electron chi connectivity index (χ4n) is 1.79. The second-order valence-electron chi connectivity index (χ2n) is 4.13. The Morgan fingerprint density at radius 1 is 1.10 bits per heavy atom. The van der Waals surface area contributed by atoms with Gasteiger partial charge in [-0.05, 0) is 5.39 Å². The van der Waals surface area contributed by atoms with Crippen molar-refractivity contribution < 1.29 is 30.6 Å². The molecular weight excluding hydrogens is 309 g/mol. The van der Waals surface area contributed by atoms with Crippen molar-refractivity contribution in [2.24, 2.45) is 0 Å². The first-order chi connectivity index (χ1) is 9.76. The van der Waals surface area contributed by atoms with Crippen LogP contribution in [0.4, 0.5) is 13.2 Å². The summed E-state index contributed by atoms with van der Waals surface area (Å²) in [4.78, 5) is 10.6. The van der Waals surface area contributed by atoms with Crippen molar-refractivity contribution in [3.8, 4) is 5.75 Å². The Morgan fingerprint density at radius 3 is 2.38 bits per heavy atom. The van der Waals surface area contributed by atoms with E-state index in [1.165, 1.54) is 18.2 Å². The van der Waals surface area contributed by atoms with Crippen LogP contribution in [0.25, 0.3) is 10.8 Å². The van der Waals surface area contributed by atoms with Crippen LogP contribution in [0.1, 0.15) is 5.56 Å². The van der Waals surface area contributed by atoms with E-state index < -0.39 is 21.4 Å². The highest BCUT2D eigenvalue weighted by Gasteiger charge is 2.49. The van der Waals surface area contributed by atoms with Crippen LogP contribution in [0, 0.1) is 0 Å². The summed E-state index contributed by atoms with van der Waals surface area (Å²) >= 11 is 0. The monoisotopic (exact) mass is 318 g/mol. The Morgan fingerprint density at radius 2 is 1.76 bits per heavy atom. The maximum Gasteiger partial charge on any atom is 0.534 e. The van der Waals surface area contributed by atoms with Gasteiger partial charge in [0.25, 0.3) is 0 Å². The van der Waals surface area contributed by atoms with Crippen molar-refractivity contribution in [3.05, 3.63) is 42.0 Å². The summed E-state index contributed by atoms with van der Waals surface area (Å²) in [5.74, 6) is -0.475. The molecule has 2 rings (SSSR count). The van der Waals surface area contributed by atoms with E-state index in [0.717, 1.165) is 0 Å². The molecule has 2 aromatic carbocycles. The molecule has 0 bridgehead atoms. The zero-order chi connectivity index (χ0) is 15.7. The third-order valence-electron chi connectivity index (χ3n) is 2.74. The SMILES string of the molecule is O=CCc1ccc2ccccc2c1OS(=O)(=O)C(F)(F)F. The van der Waals surface area contributed by atoms with Crippen LogP contribution in [0.5, 0.6) is 5.75 Å². The first-order valence-corrected chi connectivity index (χ1v) is 7.12. The van der Waals surface area contributed by atoms with Gasteiger partial charge in [-0.15, -0.1) is 0 Å².